The number of rotatable bonds is 4. The zero-order chi connectivity index (χ0) is 13.0. The highest BCUT2D eigenvalue weighted by molar-refractivity contribution is 7.98. The first-order valence-corrected chi connectivity index (χ1v) is 7.31. The van der Waals surface area contributed by atoms with Crippen LogP contribution < -0.4 is 0 Å². The molecule has 0 atom stereocenters. The molecule has 2 aromatic heterocycles. The van der Waals surface area contributed by atoms with Crippen LogP contribution in [0.25, 0.3) is 11.5 Å². The predicted molar refractivity (Wildman–Crippen MR) is 75.8 cm³/mol. The molecule has 0 saturated carbocycles. The Balaban J connectivity index is 2.46. The summed E-state index contributed by atoms with van der Waals surface area (Å²) in [7, 11) is 0. The number of aryl methyl sites for hydroxylation is 2. The second-order valence-corrected chi connectivity index (χ2v) is 4.97. The van der Waals surface area contributed by atoms with E-state index in [-0.39, 0.29) is 0 Å². The van der Waals surface area contributed by atoms with E-state index >= 15 is 0 Å². The number of nitrogens with zero attached hydrogens (tertiary/aromatic N) is 3. The fraction of sp³-hybridized carbons (Fsp3) is 0.357. The summed E-state index contributed by atoms with van der Waals surface area (Å²) in [6, 6.07) is 8.00. The van der Waals surface area contributed by atoms with E-state index in [1.165, 1.54) is 0 Å². The van der Waals surface area contributed by atoms with Crippen LogP contribution in [0.15, 0.2) is 29.3 Å². The monoisotopic (exact) mass is 259 g/mol. The van der Waals surface area contributed by atoms with Gasteiger partial charge in [-0.25, -0.2) is 15.0 Å². The SMILES string of the molecule is CCCc1cc(SC)nc(-c2cccc(C)n2)n1. The fourth-order valence-electron chi connectivity index (χ4n) is 1.74. The lowest BCUT2D eigenvalue weighted by atomic mass is 10.2. The van der Waals surface area contributed by atoms with E-state index in [0.29, 0.717) is 0 Å². The van der Waals surface area contributed by atoms with Gasteiger partial charge in [0.25, 0.3) is 0 Å². The summed E-state index contributed by atoms with van der Waals surface area (Å²) in [5.74, 6) is 0.731. The fourth-order valence-corrected chi connectivity index (χ4v) is 2.18. The molecule has 0 saturated heterocycles. The van der Waals surface area contributed by atoms with Crippen LogP contribution in [0.1, 0.15) is 24.7 Å². The van der Waals surface area contributed by atoms with Crippen molar-refractivity contribution >= 4 is 11.8 Å². The Bertz CT molecular complexity index is 540. The summed E-state index contributed by atoms with van der Waals surface area (Å²) in [6.45, 7) is 4.14. The third kappa shape index (κ3) is 3.07. The van der Waals surface area contributed by atoms with Gasteiger partial charge in [-0.2, -0.15) is 0 Å². The molecule has 0 aliphatic heterocycles. The van der Waals surface area contributed by atoms with Crippen LogP contribution in [0.3, 0.4) is 0 Å². The maximum atomic E-state index is 4.60. The maximum Gasteiger partial charge on any atom is 0.179 e. The molecule has 2 heterocycles. The van der Waals surface area contributed by atoms with Crippen molar-refractivity contribution in [3.05, 3.63) is 35.7 Å². The maximum absolute atomic E-state index is 4.60. The third-order valence-corrected chi connectivity index (χ3v) is 3.22. The second-order valence-electron chi connectivity index (χ2n) is 4.14. The summed E-state index contributed by atoms with van der Waals surface area (Å²) >= 11 is 1.64. The first-order valence-electron chi connectivity index (χ1n) is 6.09. The van der Waals surface area contributed by atoms with E-state index in [1.54, 1.807) is 11.8 Å². The van der Waals surface area contributed by atoms with Crippen LogP contribution in [-0.2, 0) is 6.42 Å². The van der Waals surface area contributed by atoms with Crippen LogP contribution in [0.5, 0.6) is 0 Å². The predicted octanol–water partition coefficient (Wildman–Crippen LogP) is 3.52. The van der Waals surface area contributed by atoms with E-state index in [9.17, 15) is 0 Å². The summed E-state index contributed by atoms with van der Waals surface area (Å²) in [5.41, 5.74) is 2.93. The summed E-state index contributed by atoms with van der Waals surface area (Å²) in [5, 5.41) is 1.01. The molecule has 0 fully saturated rings. The lowest BCUT2D eigenvalue weighted by molar-refractivity contribution is 0.857. The Kier molecular flexibility index (Phi) is 4.31. The largest absolute Gasteiger partial charge is 0.250 e. The molecule has 0 amide bonds. The molecule has 2 rings (SSSR count). The third-order valence-electron chi connectivity index (χ3n) is 2.59. The molecule has 3 nitrogen and oxygen atoms in total. The summed E-state index contributed by atoms with van der Waals surface area (Å²) in [4.78, 5) is 13.6. The zero-order valence-electron chi connectivity index (χ0n) is 11.0. The van der Waals surface area contributed by atoms with Gasteiger partial charge in [0.2, 0.25) is 0 Å². The smallest absolute Gasteiger partial charge is 0.179 e. The molecule has 94 valence electrons. The van der Waals surface area contributed by atoms with Gasteiger partial charge < -0.3 is 0 Å². The normalized spacial score (nSPS) is 10.6. The van der Waals surface area contributed by atoms with Crippen molar-refractivity contribution in [2.75, 3.05) is 6.26 Å². The number of pyridine rings is 1. The van der Waals surface area contributed by atoms with E-state index in [2.05, 4.69) is 27.9 Å². The molecule has 18 heavy (non-hydrogen) atoms. The first kappa shape index (κ1) is 13.0. The van der Waals surface area contributed by atoms with Crippen molar-refractivity contribution < 1.29 is 0 Å². The molecule has 0 aliphatic carbocycles. The van der Waals surface area contributed by atoms with Crippen molar-refractivity contribution in [2.24, 2.45) is 0 Å². The van der Waals surface area contributed by atoms with Crippen molar-refractivity contribution in [3.63, 3.8) is 0 Å². The molecule has 0 spiro atoms. The van der Waals surface area contributed by atoms with Gasteiger partial charge in [-0.3, -0.25) is 0 Å². The first-order chi connectivity index (χ1) is 8.72. The number of hydrogen-bond donors (Lipinski definition) is 0. The minimum atomic E-state index is 0.731. The van der Waals surface area contributed by atoms with Crippen LogP contribution >= 0.6 is 11.8 Å². The molecule has 0 N–H and O–H groups in total. The topological polar surface area (TPSA) is 38.7 Å². The molecule has 0 unspecified atom stereocenters. The Morgan fingerprint density at radius 2 is 2.00 bits per heavy atom. The van der Waals surface area contributed by atoms with E-state index in [4.69, 9.17) is 0 Å². The molecule has 0 bridgehead atoms. The van der Waals surface area contributed by atoms with Crippen molar-refractivity contribution in [3.8, 4) is 11.5 Å². The second kappa shape index (κ2) is 5.96. The Morgan fingerprint density at radius 3 is 2.67 bits per heavy atom. The van der Waals surface area contributed by atoms with E-state index < -0.39 is 0 Å². The zero-order valence-corrected chi connectivity index (χ0v) is 11.8. The van der Waals surface area contributed by atoms with E-state index in [0.717, 1.165) is 40.8 Å². The van der Waals surface area contributed by atoms with Gasteiger partial charge in [-0.1, -0.05) is 19.4 Å². The number of thioether (sulfide) groups is 1. The number of aromatic nitrogens is 3. The van der Waals surface area contributed by atoms with Crippen molar-refractivity contribution in [1.29, 1.82) is 0 Å². The molecule has 0 radical (unpaired) electrons. The van der Waals surface area contributed by atoms with Gasteiger partial charge in [-0.15, -0.1) is 11.8 Å². The highest BCUT2D eigenvalue weighted by Crippen LogP contribution is 2.19. The Hall–Kier alpha value is -1.42. The van der Waals surface area contributed by atoms with Gasteiger partial charge in [-0.05, 0) is 37.8 Å². The Labute approximate surface area is 112 Å². The lowest BCUT2D eigenvalue weighted by Gasteiger charge is -2.06. The molecule has 0 aromatic carbocycles. The van der Waals surface area contributed by atoms with Gasteiger partial charge in [0.1, 0.15) is 10.7 Å². The van der Waals surface area contributed by atoms with Crippen LogP contribution in [0, 0.1) is 6.92 Å². The van der Waals surface area contributed by atoms with Gasteiger partial charge in [0, 0.05) is 11.4 Å². The molecular formula is C14H17N3S. The molecular weight excluding hydrogens is 242 g/mol. The minimum absolute atomic E-state index is 0.731. The van der Waals surface area contributed by atoms with Crippen LogP contribution in [0.2, 0.25) is 0 Å². The van der Waals surface area contributed by atoms with Crippen LogP contribution in [0.4, 0.5) is 0 Å². The highest BCUT2D eigenvalue weighted by Gasteiger charge is 2.07. The van der Waals surface area contributed by atoms with Gasteiger partial charge in [0.05, 0.1) is 0 Å². The van der Waals surface area contributed by atoms with Crippen LogP contribution in [-0.4, -0.2) is 21.2 Å². The van der Waals surface area contributed by atoms with Gasteiger partial charge in [0.15, 0.2) is 5.82 Å². The van der Waals surface area contributed by atoms with Gasteiger partial charge >= 0.3 is 0 Å². The lowest BCUT2D eigenvalue weighted by Crippen LogP contribution is -1.99. The van der Waals surface area contributed by atoms with Crippen molar-refractivity contribution in [1.82, 2.24) is 15.0 Å². The average Bonchev–Trinajstić information content (AvgIpc) is 2.39. The number of hydrogen-bond acceptors (Lipinski definition) is 4. The quantitative estimate of drug-likeness (QED) is 0.622. The molecule has 4 heteroatoms. The van der Waals surface area contributed by atoms with Crippen molar-refractivity contribution in [2.45, 2.75) is 31.7 Å². The standard InChI is InChI=1S/C14H17N3S/c1-4-6-11-9-13(18-3)17-14(16-11)12-8-5-7-10(2)15-12/h5,7-9H,4,6H2,1-3H3. The summed E-state index contributed by atoms with van der Waals surface area (Å²) in [6.07, 6.45) is 4.10. The van der Waals surface area contributed by atoms with E-state index in [1.807, 2.05) is 31.4 Å². The average molecular weight is 259 g/mol. The molecule has 0 aliphatic rings. The summed E-state index contributed by atoms with van der Waals surface area (Å²) < 4.78 is 0. The Morgan fingerprint density at radius 1 is 1.17 bits per heavy atom. The minimum Gasteiger partial charge on any atom is -0.250 e. The molecule has 2 aromatic rings. The highest BCUT2D eigenvalue weighted by atomic mass is 32.2.